The van der Waals surface area contributed by atoms with Gasteiger partial charge in [0.1, 0.15) is 18.6 Å². The molecule has 0 saturated carbocycles. The Morgan fingerprint density at radius 1 is 1.23 bits per heavy atom. The van der Waals surface area contributed by atoms with Crippen molar-refractivity contribution in [3.8, 4) is 0 Å². The van der Waals surface area contributed by atoms with E-state index in [4.69, 9.17) is 15.9 Å². The summed E-state index contributed by atoms with van der Waals surface area (Å²) in [6.45, 7) is -0.567. The first-order valence-corrected chi connectivity index (χ1v) is 6.29. The number of hydrogen-bond acceptors (Lipinski definition) is 6. The molecule has 0 rings (SSSR count). The first-order valence-electron chi connectivity index (χ1n) is 5.66. The predicted octanol–water partition coefficient (Wildman–Crippen LogP) is -3.28. The topological polar surface area (TPSA) is 159 Å². The van der Waals surface area contributed by atoms with Gasteiger partial charge in [-0.2, -0.15) is 12.6 Å². The van der Waals surface area contributed by atoms with Crippen LogP contribution in [-0.4, -0.2) is 98.5 Å². The van der Waals surface area contributed by atoms with Crippen LogP contribution in [0.5, 0.6) is 0 Å². The van der Waals surface area contributed by atoms with Crippen LogP contribution >= 0.6 is 12.6 Å². The minimum atomic E-state index is -1.22. The zero-order chi connectivity index (χ0) is 15.7. The van der Waals surface area contributed by atoms with Crippen LogP contribution in [0.1, 0.15) is 15.7 Å². The summed E-state index contributed by atoms with van der Waals surface area (Å²) in [6, 6.07) is -2.15. The SMILES string of the molecule is N[C@@H](CCC(=O)N[C@@H](CS)C(=O)NCC(=O)O)C(=O)O.[H-].[H-].[Mg+2].[SeH2]. The fourth-order valence-corrected chi connectivity index (χ4v) is 1.41. The summed E-state index contributed by atoms with van der Waals surface area (Å²) in [5.41, 5.74) is 5.23. The van der Waals surface area contributed by atoms with E-state index >= 15 is 0 Å². The van der Waals surface area contributed by atoms with Crippen LogP contribution in [0.3, 0.4) is 0 Å². The van der Waals surface area contributed by atoms with E-state index in [0.717, 1.165) is 0 Å². The van der Waals surface area contributed by atoms with E-state index in [2.05, 4.69) is 23.3 Å². The third kappa shape index (κ3) is 12.1. The summed E-state index contributed by atoms with van der Waals surface area (Å²) in [4.78, 5) is 43.7. The van der Waals surface area contributed by atoms with Gasteiger partial charge in [0.15, 0.2) is 0 Å². The molecule has 0 heterocycles. The Morgan fingerprint density at radius 2 is 1.77 bits per heavy atom. The Morgan fingerprint density at radius 3 is 2.18 bits per heavy atom. The molecule has 0 aromatic carbocycles. The Labute approximate surface area is 162 Å². The molecule has 9 nitrogen and oxygen atoms in total. The number of rotatable bonds is 9. The van der Waals surface area contributed by atoms with E-state index in [9.17, 15) is 19.2 Å². The minimum absolute atomic E-state index is 0. The number of nitrogens with one attached hydrogen (secondary N) is 2. The quantitative estimate of drug-likeness (QED) is 0.170. The van der Waals surface area contributed by atoms with Gasteiger partial charge < -0.3 is 29.4 Å². The molecule has 6 N–H and O–H groups in total. The molecule has 0 aromatic heterocycles. The second kappa shape index (κ2) is 14.1. The van der Waals surface area contributed by atoms with Crippen molar-refractivity contribution in [3.05, 3.63) is 0 Å². The molecule has 22 heavy (non-hydrogen) atoms. The molecular weight excluding hydrogens is 393 g/mol. The van der Waals surface area contributed by atoms with Gasteiger partial charge in [-0.3, -0.25) is 19.2 Å². The number of aliphatic carboxylic acids is 2. The van der Waals surface area contributed by atoms with Crippen molar-refractivity contribution < 1.29 is 32.2 Å². The molecule has 0 aliphatic carbocycles. The predicted molar refractivity (Wildman–Crippen MR) is 87.8 cm³/mol. The van der Waals surface area contributed by atoms with E-state index in [-0.39, 0.29) is 61.6 Å². The molecule has 0 spiro atoms. The molecule has 0 aromatic rings. The summed E-state index contributed by atoms with van der Waals surface area (Å²) in [5, 5.41) is 21.4. The Bertz CT molecular complexity index is 411. The number of thiol groups is 1. The maximum atomic E-state index is 11.5. The molecule has 2 amide bonds. The number of hydrogen-bond donors (Lipinski definition) is 6. The monoisotopic (exact) mass is 415 g/mol. The molecule has 0 aliphatic rings. The van der Waals surface area contributed by atoms with Gasteiger partial charge >= 0.3 is 52.1 Å². The summed E-state index contributed by atoms with van der Waals surface area (Å²) in [5.74, 6) is -3.70. The van der Waals surface area contributed by atoms with Crippen LogP contribution in [0.4, 0.5) is 0 Å². The van der Waals surface area contributed by atoms with Crippen molar-refractivity contribution in [2.75, 3.05) is 12.3 Å². The van der Waals surface area contributed by atoms with Gasteiger partial charge in [0.25, 0.3) is 0 Å². The summed E-state index contributed by atoms with van der Waals surface area (Å²) < 4.78 is 0. The summed E-state index contributed by atoms with van der Waals surface area (Å²) >= 11 is 3.87. The van der Waals surface area contributed by atoms with Gasteiger partial charge in [-0.15, -0.1) is 0 Å². The van der Waals surface area contributed by atoms with Crippen molar-refractivity contribution in [2.45, 2.75) is 24.9 Å². The molecule has 0 radical (unpaired) electrons. The van der Waals surface area contributed by atoms with Crippen LogP contribution in [0, 0.1) is 0 Å². The maximum absolute atomic E-state index is 11.5. The fraction of sp³-hybridized carbons (Fsp3) is 0.600. The van der Waals surface area contributed by atoms with Crippen LogP contribution < -0.4 is 16.4 Å². The molecule has 12 heteroatoms. The average Bonchev–Trinajstić information content (AvgIpc) is 2.38. The molecule has 2 atom stereocenters. The van der Waals surface area contributed by atoms with Gasteiger partial charge in [-0.25, -0.2) is 0 Å². The van der Waals surface area contributed by atoms with Crippen molar-refractivity contribution >= 4 is 76.5 Å². The molecule has 0 aliphatic heterocycles. The standard InChI is InChI=1S/C10H17N3O6S.Mg.H2Se.2H/c11-5(10(18)19)1-2-7(14)13-6(4-20)9(17)12-3-8(15)16;;;;/h5-6,20H,1-4,11H2,(H,12,17)(H,13,14)(H,15,16)(H,18,19);;1H2;;/q;+2;;2*-1/t5-,6-;;;;/m0..../s1. The van der Waals surface area contributed by atoms with Gasteiger partial charge in [0.05, 0.1) is 0 Å². The first-order chi connectivity index (χ1) is 9.27. The third-order valence-electron chi connectivity index (χ3n) is 2.25. The number of nitrogens with two attached hydrogens (primary N) is 1. The molecule has 0 unspecified atom stereocenters. The number of carbonyl (C=O) groups is 4. The van der Waals surface area contributed by atoms with Crippen molar-refractivity contribution in [1.29, 1.82) is 0 Å². The number of amides is 2. The van der Waals surface area contributed by atoms with E-state index in [1.165, 1.54) is 0 Å². The normalized spacial score (nSPS) is 11.9. The van der Waals surface area contributed by atoms with Gasteiger partial charge in [-0.1, -0.05) is 0 Å². The van der Waals surface area contributed by atoms with Crippen molar-refractivity contribution in [3.63, 3.8) is 0 Å². The van der Waals surface area contributed by atoms with Crippen LogP contribution in [0.2, 0.25) is 0 Å². The molecule has 126 valence electrons. The van der Waals surface area contributed by atoms with Gasteiger partial charge in [0, 0.05) is 12.2 Å². The van der Waals surface area contributed by atoms with Crippen LogP contribution in [0.25, 0.3) is 0 Å². The number of carboxylic acids is 2. The van der Waals surface area contributed by atoms with Crippen molar-refractivity contribution in [1.82, 2.24) is 10.6 Å². The Kier molecular flexibility index (Phi) is 16.9. The molecular formula is C10H21MgN3O6SSe. The van der Waals surface area contributed by atoms with E-state index in [1.54, 1.807) is 0 Å². The zero-order valence-corrected chi connectivity index (χ0v) is 16.1. The van der Waals surface area contributed by atoms with Crippen molar-refractivity contribution in [2.24, 2.45) is 5.73 Å². The summed E-state index contributed by atoms with van der Waals surface area (Å²) in [7, 11) is 0. The molecule has 0 saturated heterocycles. The molecule has 0 bridgehead atoms. The zero-order valence-electron chi connectivity index (χ0n) is 13.7. The second-order valence-electron chi connectivity index (χ2n) is 3.90. The average molecular weight is 415 g/mol. The van der Waals surface area contributed by atoms with Crippen LogP contribution in [-0.2, 0) is 19.2 Å². The van der Waals surface area contributed by atoms with Gasteiger partial charge in [-0.05, 0) is 6.42 Å². The second-order valence-corrected chi connectivity index (χ2v) is 4.26. The van der Waals surface area contributed by atoms with E-state index < -0.39 is 42.4 Å². The third-order valence-corrected chi connectivity index (χ3v) is 2.61. The van der Waals surface area contributed by atoms with E-state index in [1.807, 2.05) is 0 Å². The Hall–Kier alpha value is -0.524. The van der Waals surface area contributed by atoms with E-state index in [0.29, 0.717) is 0 Å². The van der Waals surface area contributed by atoms with Gasteiger partial charge in [0.2, 0.25) is 11.8 Å². The number of carbonyl (C=O) groups excluding carboxylic acids is 2. The molecule has 0 fully saturated rings. The number of carboxylic acid groups (broad SMARTS) is 2. The van der Waals surface area contributed by atoms with Crippen LogP contribution in [0.15, 0.2) is 0 Å². The summed E-state index contributed by atoms with van der Waals surface area (Å²) in [6.07, 6.45) is -0.235. The first kappa shape index (κ1) is 26.4. The fourth-order valence-electron chi connectivity index (χ4n) is 1.16. The Balaban J connectivity index is -0.000000301.